The number of rotatable bonds is 7. The maximum absolute atomic E-state index is 4.57. The van der Waals surface area contributed by atoms with Gasteiger partial charge in [-0.1, -0.05) is 13.3 Å². The lowest BCUT2D eigenvalue weighted by atomic mass is 10.0. The molecule has 0 amide bonds. The Morgan fingerprint density at radius 2 is 2.37 bits per heavy atom. The molecule has 4 heteroatoms. The standard InChI is InChI=1S/C15H27N3S/c1-3-15-17-14(12-19-15)11-16-8-6-10-18-9-5-4-7-13(18)2/h12-13,16H,3-11H2,1-2H3. The monoisotopic (exact) mass is 281 g/mol. The quantitative estimate of drug-likeness (QED) is 0.779. The van der Waals surface area contributed by atoms with E-state index in [4.69, 9.17) is 0 Å². The van der Waals surface area contributed by atoms with E-state index in [2.05, 4.69) is 34.4 Å². The van der Waals surface area contributed by atoms with Crippen LogP contribution in [0.15, 0.2) is 5.38 Å². The first-order valence-electron chi connectivity index (χ1n) is 7.67. The van der Waals surface area contributed by atoms with Crippen molar-refractivity contribution in [2.75, 3.05) is 19.6 Å². The molecule has 0 aromatic carbocycles. The topological polar surface area (TPSA) is 28.2 Å². The van der Waals surface area contributed by atoms with Gasteiger partial charge in [0.05, 0.1) is 10.7 Å². The Labute approximate surface area is 121 Å². The Balaban J connectivity index is 1.56. The molecule has 2 rings (SSSR count). The maximum atomic E-state index is 4.57. The SMILES string of the molecule is CCc1nc(CNCCCN2CCCCC2C)cs1. The van der Waals surface area contributed by atoms with Crippen LogP contribution in [0, 0.1) is 0 Å². The lowest BCUT2D eigenvalue weighted by Gasteiger charge is -2.33. The molecule has 1 atom stereocenters. The van der Waals surface area contributed by atoms with Gasteiger partial charge in [0, 0.05) is 18.0 Å². The summed E-state index contributed by atoms with van der Waals surface area (Å²) in [5, 5.41) is 6.94. The van der Waals surface area contributed by atoms with Crippen LogP contribution >= 0.6 is 11.3 Å². The highest BCUT2D eigenvalue weighted by Crippen LogP contribution is 2.16. The van der Waals surface area contributed by atoms with Crippen molar-refractivity contribution < 1.29 is 0 Å². The van der Waals surface area contributed by atoms with Gasteiger partial charge in [0.25, 0.3) is 0 Å². The minimum Gasteiger partial charge on any atom is -0.311 e. The molecule has 0 radical (unpaired) electrons. The molecule has 0 spiro atoms. The molecule has 1 aromatic rings. The van der Waals surface area contributed by atoms with Crippen molar-refractivity contribution in [2.45, 2.75) is 58.5 Å². The summed E-state index contributed by atoms with van der Waals surface area (Å²) in [5.74, 6) is 0. The van der Waals surface area contributed by atoms with Gasteiger partial charge in [-0.15, -0.1) is 11.3 Å². The van der Waals surface area contributed by atoms with Gasteiger partial charge in [-0.25, -0.2) is 4.98 Å². The second kappa shape index (κ2) is 7.98. The Hall–Kier alpha value is -0.450. The summed E-state index contributed by atoms with van der Waals surface area (Å²) < 4.78 is 0. The minimum absolute atomic E-state index is 0.791. The summed E-state index contributed by atoms with van der Waals surface area (Å²) in [6, 6.07) is 0.791. The number of hydrogen-bond donors (Lipinski definition) is 1. The van der Waals surface area contributed by atoms with Crippen LogP contribution in [0.3, 0.4) is 0 Å². The molecule has 1 aliphatic heterocycles. The van der Waals surface area contributed by atoms with Gasteiger partial charge < -0.3 is 10.2 Å². The van der Waals surface area contributed by atoms with Gasteiger partial charge in [-0.05, 0) is 52.2 Å². The lowest BCUT2D eigenvalue weighted by Crippen LogP contribution is -2.38. The van der Waals surface area contributed by atoms with Crippen molar-refractivity contribution in [3.05, 3.63) is 16.1 Å². The van der Waals surface area contributed by atoms with Gasteiger partial charge in [-0.2, -0.15) is 0 Å². The molecule has 3 nitrogen and oxygen atoms in total. The van der Waals surface area contributed by atoms with Crippen molar-refractivity contribution in [2.24, 2.45) is 0 Å². The zero-order valence-corrected chi connectivity index (χ0v) is 13.1. The molecule has 1 fully saturated rings. The number of nitrogens with zero attached hydrogens (tertiary/aromatic N) is 2. The highest BCUT2D eigenvalue weighted by Gasteiger charge is 2.16. The number of aryl methyl sites for hydroxylation is 1. The number of likely N-dealkylation sites (tertiary alicyclic amines) is 1. The summed E-state index contributed by atoms with van der Waals surface area (Å²) >= 11 is 1.78. The first-order valence-corrected chi connectivity index (χ1v) is 8.55. The summed E-state index contributed by atoms with van der Waals surface area (Å²) in [6.45, 7) is 9.09. The Morgan fingerprint density at radius 1 is 1.47 bits per heavy atom. The third kappa shape index (κ3) is 4.86. The number of piperidine rings is 1. The van der Waals surface area contributed by atoms with Crippen LogP contribution < -0.4 is 5.32 Å². The fourth-order valence-electron chi connectivity index (χ4n) is 2.71. The smallest absolute Gasteiger partial charge is 0.0926 e. The Kier molecular flexibility index (Phi) is 6.28. The van der Waals surface area contributed by atoms with E-state index in [9.17, 15) is 0 Å². The zero-order valence-electron chi connectivity index (χ0n) is 12.3. The van der Waals surface area contributed by atoms with Gasteiger partial charge in [0.15, 0.2) is 0 Å². The molecule has 108 valence electrons. The molecule has 1 unspecified atom stereocenters. The number of hydrogen-bond acceptors (Lipinski definition) is 4. The van der Waals surface area contributed by atoms with E-state index in [0.717, 1.165) is 25.6 Å². The molecule has 1 N–H and O–H groups in total. The van der Waals surface area contributed by atoms with Crippen LogP contribution in [0.2, 0.25) is 0 Å². The fraction of sp³-hybridized carbons (Fsp3) is 0.800. The van der Waals surface area contributed by atoms with E-state index in [-0.39, 0.29) is 0 Å². The van der Waals surface area contributed by atoms with E-state index >= 15 is 0 Å². The lowest BCUT2D eigenvalue weighted by molar-refractivity contribution is 0.159. The second-order valence-corrected chi connectivity index (χ2v) is 6.44. The predicted octanol–water partition coefficient (Wildman–Crippen LogP) is 3.06. The van der Waals surface area contributed by atoms with Gasteiger partial charge >= 0.3 is 0 Å². The van der Waals surface area contributed by atoms with Crippen LogP contribution in [0.1, 0.15) is 50.2 Å². The van der Waals surface area contributed by atoms with E-state index < -0.39 is 0 Å². The van der Waals surface area contributed by atoms with Crippen molar-refractivity contribution in [3.8, 4) is 0 Å². The van der Waals surface area contributed by atoms with Crippen molar-refractivity contribution in [1.82, 2.24) is 15.2 Å². The van der Waals surface area contributed by atoms with E-state index in [0.29, 0.717) is 0 Å². The number of nitrogens with one attached hydrogen (secondary N) is 1. The average Bonchev–Trinajstić information content (AvgIpc) is 2.88. The molecular formula is C15H27N3S. The third-order valence-corrected chi connectivity index (χ3v) is 4.99. The number of aromatic nitrogens is 1. The van der Waals surface area contributed by atoms with Crippen LogP contribution in [0.25, 0.3) is 0 Å². The van der Waals surface area contributed by atoms with E-state index in [1.165, 1.54) is 49.5 Å². The van der Waals surface area contributed by atoms with Crippen molar-refractivity contribution in [1.29, 1.82) is 0 Å². The van der Waals surface area contributed by atoms with Gasteiger partial charge in [0.2, 0.25) is 0 Å². The first-order chi connectivity index (χ1) is 9.29. The van der Waals surface area contributed by atoms with Crippen molar-refractivity contribution >= 4 is 11.3 Å². The molecular weight excluding hydrogens is 254 g/mol. The van der Waals surface area contributed by atoms with Crippen LogP contribution in [-0.4, -0.2) is 35.6 Å². The molecule has 0 saturated carbocycles. The summed E-state index contributed by atoms with van der Waals surface area (Å²) in [4.78, 5) is 7.22. The summed E-state index contributed by atoms with van der Waals surface area (Å²) in [5.41, 5.74) is 1.20. The summed E-state index contributed by atoms with van der Waals surface area (Å²) in [6.07, 6.45) is 6.48. The van der Waals surface area contributed by atoms with Gasteiger partial charge in [0.1, 0.15) is 0 Å². The highest BCUT2D eigenvalue weighted by molar-refractivity contribution is 7.09. The predicted molar refractivity (Wildman–Crippen MR) is 82.7 cm³/mol. The molecule has 1 saturated heterocycles. The molecule has 0 aliphatic carbocycles. The highest BCUT2D eigenvalue weighted by atomic mass is 32.1. The Morgan fingerprint density at radius 3 is 3.11 bits per heavy atom. The maximum Gasteiger partial charge on any atom is 0.0926 e. The van der Waals surface area contributed by atoms with Crippen LogP contribution in [0.4, 0.5) is 0 Å². The average molecular weight is 281 g/mol. The minimum atomic E-state index is 0.791. The van der Waals surface area contributed by atoms with E-state index in [1.54, 1.807) is 11.3 Å². The van der Waals surface area contributed by atoms with Crippen LogP contribution in [0.5, 0.6) is 0 Å². The molecule has 19 heavy (non-hydrogen) atoms. The zero-order chi connectivity index (χ0) is 13.5. The molecule has 2 heterocycles. The van der Waals surface area contributed by atoms with Gasteiger partial charge in [-0.3, -0.25) is 0 Å². The summed E-state index contributed by atoms with van der Waals surface area (Å²) in [7, 11) is 0. The van der Waals surface area contributed by atoms with E-state index in [1.807, 2.05) is 0 Å². The normalized spacial score (nSPS) is 20.8. The fourth-order valence-corrected chi connectivity index (χ4v) is 3.45. The number of thiazole rings is 1. The molecule has 1 aliphatic rings. The first kappa shape index (κ1) is 14.9. The second-order valence-electron chi connectivity index (χ2n) is 5.50. The van der Waals surface area contributed by atoms with Crippen molar-refractivity contribution in [3.63, 3.8) is 0 Å². The Bertz CT molecular complexity index is 364. The molecule has 0 bridgehead atoms. The van der Waals surface area contributed by atoms with Crippen LogP contribution in [-0.2, 0) is 13.0 Å². The largest absolute Gasteiger partial charge is 0.311 e. The third-order valence-electron chi connectivity index (χ3n) is 3.95. The molecule has 1 aromatic heterocycles.